The molecule has 1 fully saturated rings. The van der Waals surface area contributed by atoms with Gasteiger partial charge in [0.1, 0.15) is 17.4 Å². The average Bonchev–Trinajstić information content (AvgIpc) is 3.19. The Labute approximate surface area is 229 Å². The molecular weight excluding hydrogens is 552 g/mol. The molecule has 0 saturated heterocycles. The zero-order chi connectivity index (χ0) is 27.5. The van der Waals surface area contributed by atoms with Crippen LogP contribution in [-0.2, 0) is 13.6 Å². The van der Waals surface area contributed by atoms with Gasteiger partial charge < -0.3 is 18.3 Å². The second-order valence-corrected chi connectivity index (χ2v) is 24.4. The van der Waals surface area contributed by atoms with E-state index in [1.807, 2.05) is 13.0 Å². The average molecular weight is 600 g/mol. The van der Waals surface area contributed by atoms with E-state index >= 15 is 0 Å². The third-order valence-electron chi connectivity index (χ3n) is 9.24. The van der Waals surface area contributed by atoms with E-state index in [4.69, 9.17) is 18.3 Å². The third-order valence-corrected chi connectivity index (χ3v) is 18.7. The summed E-state index contributed by atoms with van der Waals surface area (Å²) in [5, 5.41) is 0.214. The van der Waals surface area contributed by atoms with E-state index in [0.29, 0.717) is 24.5 Å². The van der Waals surface area contributed by atoms with Crippen LogP contribution in [-0.4, -0.2) is 48.0 Å². The number of hydrogen-bond acceptors (Lipinski definition) is 5. The first-order valence-electron chi connectivity index (χ1n) is 13.2. The fourth-order valence-electron chi connectivity index (χ4n) is 4.85. The monoisotopic (exact) mass is 598 g/mol. The number of ether oxygens (including phenoxy) is 2. The minimum absolute atomic E-state index is 0.0105. The number of rotatable bonds is 7. The molecule has 1 saturated carbocycles. The number of benzene rings is 1. The molecule has 5 nitrogen and oxygen atoms in total. The van der Waals surface area contributed by atoms with Crippen molar-refractivity contribution >= 4 is 38.5 Å². The Hall–Kier alpha value is -0.676. The molecule has 0 unspecified atom stereocenters. The lowest BCUT2D eigenvalue weighted by molar-refractivity contribution is 0.0218. The summed E-state index contributed by atoms with van der Waals surface area (Å²) in [5.74, 6) is 0.386. The molecule has 36 heavy (non-hydrogen) atoms. The van der Waals surface area contributed by atoms with Crippen LogP contribution >= 0.6 is 15.9 Å². The highest BCUT2D eigenvalue weighted by Gasteiger charge is 2.60. The molecular formula is C28H47BrO5Si2. The van der Waals surface area contributed by atoms with Gasteiger partial charge in [-0.15, -0.1) is 0 Å². The topological polar surface area (TPSA) is 54.0 Å². The Morgan fingerprint density at radius 1 is 1.08 bits per heavy atom. The zero-order valence-corrected chi connectivity index (χ0v) is 28.0. The summed E-state index contributed by atoms with van der Waals surface area (Å²) in [5.41, 5.74) is 1.25. The normalized spacial score (nSPS) is 26.4. The predicted molar refractivity (Wildman–Crippen MR) is 155 cm³/mol. The predicted octanol–water partition coefficient (Wildman–Crippen LogP) is 8.29. The standard InChI is InChI=1S/C28H47BrO5Si2/c1-13-31-25(30)20-15-18(29)14-19-23-21(33-24(19)20)16-22(34-36(11,12)27(5,6)7)28(23,8)17-32-35(9,10)26(2,3)4/h14-15,21-23H,13,16-17H2,1-12H3/t21-,22+,23-,28-/m0/s1. The van der Waals surface area contributed by atoms with Crippen LogP contribution < -0.4 is 4.74 Å². The summed E-state index contributed by atoms with van der Waals surface area (Å²) in [4.78, 5) is 12.8. The van der Waals surface area contributed by atoms with Gasteiger partial charge in [-0.1, -0.05) is 64.4 Å². The van der Waals surface area contributed by atoms with Gasteiger partial charge in [-0.05, 0) is 55.3 Å². The van der Waals surface area contributed by atoms with Crippen molar-refractivity contribution in [2.75, 3.05) is 13.2 Å². The van der Waals surface area contributed by atoms with E-state index in [2.05, 4.69) is 96.7 Å². The summed E-state index contributed by atoms with van der Waals surface area (Å²) >= 11 is 3.64. The smallest absolute Gasteiger partial charge is 0.341 e. The third kappa shape index (κ3) is 5.40. The molecule has 0 bridgehead atoms. The summed E-state index contributed by atoms with van der Waals surface area (Å²) in [6, 6.07) is 3.92. The van der Waals surface area contributed by atoms with Crippen molar-refractivity contribution in [2.24, 2.45) is 5.41 Å². The Morgan fingerprint density at radius 2 is 1.67 bits per heavy atom. The molecule has 0 amide bonds. The van der Waals surface area contributed by atoms with Crippen LogP contribution in [0, 0.1) is 5.41 Å². The van der Waals surface area contributed by atoms with Crippen molar-refractivity contribution in [3.05, 3.63) is 27.7 Å². The number of carbonyl (C=O) groups is 1. The first kappa shape index (κ1) is 29.9. The Kier molecular flexibility index (Phi) is 8.14. The van der Waals surface area contributed by atoms with Crippen molar-refractivity contribution in [1.82, 2.24) is 0 Å². The second kappa shape index (κ2) is 9.81. The Bertz CT molecular complexity index is 995. The van der Waals surface area contributed by atoms with Crippen molar-refractivity contribution in [3.8, 4) is 5.75 Å². The van der Waals surface area contributed by atoms with Crippen molar-refractivity contribution in [2.45, 2.75) is 116 Å². The molecule has 1 aliphatic heterocycles. The van der Waals surface area contributed by atoms with Crippen LogP contribution in [0.25, 0.3) is 0 Å². The summed E-state index contributed by atoms with van der Waals surface area (Å²) < 4.78 is 26.8. The minimum Gasteiger partial charge on any atom is -0.488 e. The van der Waals surface area contributed by atoms with Gasteiger partial charge in [0.15, 0.2) is 16.6 Å². The van der Waals surface area contributed by atoms with E-state index in [0.717, 1.165) is 16.5 Å². The largest absolute Gasteiger partial charge is 0.488 e. The van der Waals surface area contributed by atoms with E-state index in [-0.39, 0.29) is 39.6 Å². The quantitative estimate of drug-likeness (QED) is 0.233. The van der Waals surface area contributed by atoms with E-state index in [9.17, 15) is 4.79 Å². The lowest BCUT2D eigenvalue weighted by atomic mass is 9.75. The van der Waals surface area contributed by atoms with Crippen LogP contribution in [0.4, 0.5) is 0 Å². The van der Waals surface area contributed by atoms with Gasteiger partial charge in [-0.2, -0.15) is 0 Å². The Balaban J connectivity index is 2.08. The highest BCUT2D eigenvalue weighted by Crippen LogP contribution is 2.60. The minimum atomic E-state index is -2.04. The molecule has 1 aromatic carbocycles. The molecule has 2 aliphatic rings. The number of halogens is 1. The lowest BCUT2D eigenvalue weighted by Crippen LogP contribution is -2.51. The van der Waals surface area contributed by atoms with Crippen molar-refractivity contribution in [1.29, 1.82) is 0 Å². The van der Waals surface area contributed by atoms with E-state index < -0.39 is 16.6 Å². The number of fused-ring (bicyclic) bond motifs is 3. The van der Waals surface area contributed by atoms with Gasteiger partial charge in [0.2, 0.25) is 0 Å². The van der Waals surface area contributed by atoms with Crippen molar-refractivity contribution < 1.29 is 23.1 Å². The van der Waals surface area contributed by atoms with Crippen LogP contribution in [0.5, 0.6) is 5.75 Å². The van der Waals surface area contributed by atoms with Crippen LogP contribution in [0.15, 0.2) is 16.6 Å². The maximum absolute atomic E-state index is 12.8. The van der Waals surface area contributed by atoms with Gasteiger partial charge in [0.05, 0.1) is 12.7 Å². The van der Waals surface area contributed by atoms with Gasteiger partial charge >= 0.3 is 5.97 Å². The van der Waals surface area contributed by atoms with Gasteiger partial charge in [0, 0.05) is 34.4 Å². The fourth-order valence-corrected chi connectivity index (χ4v) is 7.86. The molecule has 0 spiro atoms. The number of hydrogen-bond donors (Lipinski definition) is 0. The summed E-state index contributed by atoms with van der Waals surface area (Å²) in [6.07, 6.45) is 0.727. The van der Waals surface area contributed by atoms with Gasteiger partial charge in [-0.3, -0.25) is 0 Å². The second-order valence-electron chi connectivity index (χ2n) is 13.9. The molecule has 1 aromatic rings. The molecule has 8 heteroatoms. The molecule has 0 N–H and O–H groups in total. The SMILES string of the molecule is CCOC(=O)c1cc(Br)cc2c1O[C@H]1C[C@@H](O[Si](C)(C)C(C)(C)C)[C@](C)(CO[Si](C)(C)C(C)(C)C)[C@@H]21. The highest BCUT2D eigenvalue weighted by atomic mass is 79.9. The summed E-state index contributed by atoms with van der Waals surface area (Å²) in [6.45, 7) is 28.0. The molecule has 3 rings (SSSR count). The molecule has 1 aliphatic carbocycles. The zero-order valence-electron chi connectivity index (χ0n) is 24.4. The van der Waals surface area contributed by atoms with Gasteiger partial charge in [0.25, 0.3) is 0 Å². The molecule has 204 valence electrons. The maximum Gasteiger partial charge on any atom is 0.341 e. The molecule has 0 aromatic heterocycles. The first-order chi connectivity index (χ1) is 16.2. The van der Waals surface area contributed by atoms with E-state index in [1.165, 1.54) is 0 Å². The number of carbonyl (C=O) groups excluding carboxylic acids is 1. The Morgan fingerprint density at radius 3 is 2.19 bits per heavy atom. The van der Waals surface area contributed by atoms with Crippen LogP contribution in [0.2, 0.25) is 36.3 Å². The van der Waals surface area contributed by atoms with E-state index in [1.54, 1.807) is 0 Å². The fraction of sp³-hybridized carbons (Fsp3) is 0.750. The maximum atomic E-state index is 12.8. The first-order valence-corrected chi connectivity index (χ1v) is 19.8. The van der Waals surface area contributed by atoms with Crippen LogP contribution in [0.1, 0.15) is 83.7 Å². The number of esters is 1. The summed E-state index contributed by atoms with van der Waals surface area (Å²) in [7, 11) is -4.04. The van der Waals surface area contributed by atoms with Crippen LogP contribution in [0.3, 0.4) is 0 Å². The lowest BCUT2D eigenvalue weighted by Gasteiger charge is -2.46. The molecule has 4 atom stereocenters. The van der Waals surface area contributed by atoms with Gasteiger partial charge in [-0.25, -0.2) is 4.79 Å². The molecule has 0 radical (unpaired) electrons. The molecule has 1 heterocycles. The van der Waals surface area contributed by atoms with Crippen molar-refractivity contribution in [3.63, 3.8) is 0 Å². The highest BCUT2D eigenvalue weighted by molar-refractivity contribution is 9.10.